The molecule has 3 radical (unpaired) electrons. The van der Waals surface area contributed by atoms with E-state index in [1.807, 2.05) is 0 Å². The number of hydrogen-bond acceptors (Lipinski definition) is 0. The van der Waals surface area contributed by atoms with Gasteiger partial charge in [-0.2, -0.15) is 0 Å². The molecule has 0 aliphatic heterocycles. The first-order valence-corrected chi connectivity index (χ1v) is 18.9. The van der Waals surface area contributed by atoms with Crippen LogP contribution in [-0.2, 0) is 20.1 Å². The van der Waals surface area contributed by atoms with Gasteiger partial charge in [0.2, 0.25) is 0 Å². The van der Waals surface area contributed by atoms with Crippen molar-refractivity contribution in [3.8, 4) is 0 Å². The van der Waals surface area contributed by atoms with Crippen LogP contribution < -0.4 is 0 Å². The molecule has 2 atom stereocenters. The van der Waals surface area contributed by atoms with Gasteiger partial charge in [0.15, 0.2) is 0 Å². The van der Waals surface area contributed by atoms with E-state index in [1.165, 1.54) is 37.7 Å². The molecular weight excluding hydrogens is 597 g/mol. The molecule has 0 aromatic heterocycles. The normalized spacial score (nSPS) is 17.9. The molecule has 0 heterocycles. The van der Waals surface area contributed by atoms with E-state index in [1.54, 1.807) is 5.56 Å². The van der Waals surface area contributed by atoms with E-state index in [0.29, 0.717) is 29.7 Å². The standard InChI is InChI=1S/C17H20.3C3H9P.Ir/c1-2-4-8-14(9-5-3-1)17-13-12-15-10-6-7-11-16(15)17;3*1-4(2)3;/h1-2,6-7,10-14,17H,3-5,8-9H2;3*1-3H3;. The Morgan fingerprint density at radius 1 is 0.700 bits per heavy atom. The minimum absolute atomic E-state index is 0. The smallest absolute Gasteiger partial charge is 0.00555 e. The number of fused-ring (bicyclic) bond motifs is 1. The van der Waals surface area contributed by atoms with E-state index in [4.69, 9.17) is 0 Å². The Hall–Kier alpha value is 0.899. The van der Waals surface area contributed by atoms with E-state index < -0.39 is 0 Å². The van der Waals surface area contributed by atoms with Crippen LogP contribution in [0.5, 0.6) is 0 Å². The van der Waals surface area contributed by atoms with Crippen molar-refractivity contribution in [1.29, 1.82) is 0 Å². The molecule has 175 valence electrons. The maximum Gasteiger partial charge on any atom is 0.00555 e. The maximum absolute atomic E-state index is 2.43. The largest absolute Gasteiger partial charge is 0.116 e. The van der Waals surface area contributed by atoms with Crippen molar-refractivity contribution in [2.45, 2.75) is 38.0 Å². The van der Waals surface area contributed by atoms with E-state index in [-0.39, 0.29) is 20.1 Å². The number of allylic oxidation sites excluding steroid dienone is 1. The molecule has 1 saturated carbocycles. The van der Waals surface area contributed by atoms with Gasteiger partial charge in [-0.25, -0.2) is 0 Å². The van der Waals surface area contributed by atoms with Gasteiger partial charge >= 0.3 is 0 Å². The topological polar surface area (TPSA) is 0 Å². The average molecular weight is 645 g/mol. The quantitative estimate of drug-likeness (QED) is 0.268. The summed E-state index contributed by atoms with van der Waals surface area (Å²) in [6.07, 6.45) is 16.1. The van der Waals surface area contributed by atoms with Crippen molar-refractivity contribution in [3.05, 3.63) is 54.3 Å². The first-order valence-electron chi connectivity index (χ1n) is 10.9. The monoisotopic (exact) mass is 645 g/mol. The van der Waals surface area contributed by atoms with Crippen LogP contribution in [-0.4, -0.2) is 60.0 Å². The van der Waals surface area contributed by atoms with E-state index in [2.05, 4.69) is 109 Å². The number of hydrogen-bond donors (Lipinski definition) is 0. The summed E-state index contributed by atoms with van der Waals surface area (Å²) < 4.78 is 0. The third-order valence-electron chi connectivity index (χ3n) is 4.16. The minimum Gasteiger partial charge on any atom is -0.116 e. The summed E-state index contributed by atoms with van der Waals surface area (Å²) in [5.41, 5.74) is 3.00. The van der Waals surface area contributed by atoms with Crippen LogP contribution in [0, 0.1) is 18.8 Å². The molecule has 0 bridgehead atoms. The SMILES string of the molecule is CP(C)C.CP(C)C.CP(C)C.[CH]1[CH]CCC(C2C=Cc3ccccc32)CCC1.[Ir]. The van der Waals surface area contributed by atoms with Gasteiger partial charge in [-0.3, -0.25) is 0 Å². The maximum atomic E-state index is 2.43. The van der Waals surface area contributed by atoms with Crippen LogP contribution in [0.1, 0.15) is 49.1 Å². The third kappa shape index (κ3) is 18.5. The molecule has 3 rings (SSSR count). The van der Waals surface area contributed by atoms with Gasteiger partial charge in [0, 0.05) is 26.0 Å². The fraction of sp³-hybridized carbons (Fsp3) is 0.615. The Balaban J connectivity index is 0. The summed E-state index contributed by atoms with van der Waals surface area (Å²) in [5.74, 6) is 1.53. The second kappa shape index (κ2) is 20.5. The van der Waals surface area contributed by atoms with Crippen molar-refractivity contribution in [1.82, 2.24) is 0 Å². The van der Waals surface area contributed by atoms with Crippen LogP contribution in [0.15, 0.2) is 30.3 Å². The minimum atomic E-state index is 0. The van der Waals surface area contributed by atoms with Crippen molar-refractivity contribution < 1.29 is 20.1 Å². The molecule has 2 aliphatic rings. The van der Waals surface area contributed by atoms with Gasteiger partial charge in [0.05, 0.1) is 0 Å². The van der Waals surface area contributed by atoms with Gasteiger partial charge in [0.1, 0.15) is 0 Å². The molecule has 1 aromatic rings. The summed E-state index contributed by atoms with van der Waals surface area (Å²) >= 11 is 0. The summed E-state index contributed by atoms with van der Waals surface area (Å²) in [6, 6.07) is 8.89. The molecule has 0 spiro atoms. The first-order chi connectivity index (χ1) is 13.6. The molecule has 0 N–H and O–H groups in total. The molecule has 4 heteroatoms. The fourth-order valence-corrected chi connectivity index (χ4v) is 3.24. The van der Waals surface area contributed by atoms with E-state index in [0.717, 1.165) is 5.92 Å². The summed E-state index contributed by atoms with van der Waals surface area (Å²) in [7, 11) is 1.14. The Labute approximate surface area is 207 Å². The second-order valence-electron chi connectivity index (χ2n) is 9.28. The van der Waals surface area contributed by atoms with Gasteiger partial charge in [-0.1, -0.05) is 42.8 Å². The van der Waals surface area contributed by atoms with E-state index in [9.17, 15) is 0 Å². The van der Waals surface area contributed by atoms with Crippen molar-refractivity contribution >= 4 is 29.8 Å². The Bertz CT molecular complexity index is 510. The van der Waals surface area contributed by atoms with Crippen molar-refractivity contribution in [2.75, 3.05) is 60.0 Å². The predicted octanol–water partition coefficient (Wildman–Crippen LogP) is 8.86. The second-order valence-corrected chi connectivity index (χ2v) is 17.3. The van der Waals surface area contributed by atoms with Crippen LogP contribution in [0.2, 0.25) is 0 Å². The van der Waals surface area contributed by atoms with Gasteiger partial charge in [-0.15, -0.1) is 23.8 Å². The molecule has 0 amide bonds. The zero-order valence-corrected chi connectivity index (χ0v) is 26.1. The Morgan fingerprint density at radius 2 is 1.20 bits per heavy atom. The van der Waals surface area contributed by atoms with Crippen LogP contribution in [0.3, 0.4) is 0 Å². The van der Waals surface area contributed by atoms with E-state index >= 15 is 0 Å². The molecular formula is C26H47IrP3. The van der Waals surface area contributed by atoms with Crippen LogP contribution >= 0.6 is 23.8 Å². The molecule has 0 nitrogen and oxygen atoms in total. The van der Waals surface area contributed by atoms with Gasteiger partial charge in [-0.05, 0) is 116 Å². The zero-order valence-electron chi connectivity index (χ0n) is 21.0. The molecule has 30 heavy (non-hydrogen) atoms. The summed E-state index contributed by atoms with van der Waals surface area (Å²) in [6.45, 7) is 20.1. The third-order valence-corrected chi connectivity index (χ3v) is 4.16. The molecule has 1 aromatic carbocycles. The zero-order chi connectivity index (χ0) is 22.2. The summed E-state index contributed by atoms with van der Waals surface area (Å²) in [5, 5.41) is 0. The number of benzene rings is 1. The Morgan fingerprint density at radius 3 is 1.77 bits per heavy atom. The average Bonchev–Trinajstić information content (AvgIpc) is 2.97. The van der Waals surface area contributed by atoms with Gasteiger partial charge in [0.25, 0.3) is 0 Å². The molecule has 2 unspecified atom stereocenters. The predicted molar refractivity (Wildman–Crippen MR) is 147 cm³/mol. The number of rotatable bonds is 1. The fourth-order valence-electron chi connectivity index (χ4n) is 3.24. The van der Waals surface area contributed by atoms with Crippen LogP contribution in [0.25, 0.3) is 6.08 Å². The van der Waals surface area contributed by atoms with Crippen LogP contribution in [0.4, 0.5) is 0 Å². The molecule has 2 aliphatic carbocycles. The summed E-state index contributed by atoms with van der Waals surface area (Å²) in [4.78, 5) is 0. The first kappa shape index (κ1) is 33.1. The van der Waals surface area contributed by atoms with Crippen molar-refractivity contribution in [3.63, 3.8) is 0 Å². The Kier molecular flexibility index (Phi) is 22.6. The molecule has 0 saturated heterocycles. The van der Waals surface area contributed by atoms with Crippen molar-refractivity contribution in [2.24, 2.45) is 5.92 Å². The van der Waals surface area contributed by atoms with Gasteiger partial charge < -0.3 is 0 Å². The molecule has 1 fully saturated rings.